The molecule has 0 spiro atoms. The number of ether oxygens (including phenoxy) is 1. The van der Waals surface area contributed by atoms with Crippen molar-refractivity contribution >= 4 is 6.03 Å². The summed E-state index contributed by atoms with van der Waals surface area (Å²) in [5, 5.41) is 10.5. The second-order valence-corrected chi connectivity index (χ2v) is 3.40. The average Bonchev–Trinajstić information content (AvgIpc) is 2.25. The Labute approximate surface area is 90.2 Å². The van der Waals surface area contributed by atoms with E-state index in [0.29, 0.717) is 0 Å². The summed E-state index contributed by atoms with van der Waals surface area (Å²) in [5.74, 6) is 0. The molecular formula is C8H13F3N2O3. The summed E-state index contributed by atoms with van der Waals surface area (Å²) in [4.78, 5) is 12.5. The first-order chi connectivity index (χ1) is 7.42. The van der Waals surface area contributed by atoms with Gasteiger partial charge < -0.3 is 20.1 Å². The van der Waals surface area contributed by atoms with Gasteiger partial charge in [0.2, 0.25) is 0 Å². The van der Waals surface area contributed by atoms with E-state index in [1.54, 1.807) is 5.32 Å². The van der Waals surface area contributed by atoms with Crippen molar-refractivity contribution in [1.29, 1.82) is 0 Å². The number of hydrogen-bond acceptors (Lipinski definition) is 3. The number of hydrogen-bond donors (Lipinski definition) is 2. The first-order valence-electron chi connectivity index (χ1n) is 4.74. The van der Waals surface area contributed by atoms with E-state index in [9.17, 15) is 18.0 Å². The van der Waals surface area contributed by atoms with Crippen molar-refractivity contribution in [2.75, 3.05) is 32.8 Å². The third-order valence-electron chi connectivity index (χ3n) is 2.07. The lowest BCUT2D eigenvalue weighted by Crippen LogP contribution is -2.51. The van der Waals surface area contributed by atoms with Crippen LogP contribution in [0.5, 0.6) is 0 Å². The molecule has 1 saturated heterocycles. The van der Waals surface area contributed by atoms with Gasteiger partial charge >= 0.3 is 12.2 Å². The van der Waals surface area contributed by atoms with E-state index in [1.807, 2.05) is 0 Å². The monoisotopic (exact) mass is 242 g/mol. The number of alkyl halides is 3. The molecule has 16 heavy (non-hydrogen) atoms. The summed E-state index contributed by atoms with van der Waals surface area (Å²) in [6.45, 7) is -1.08. The van der Waals surface area contributed by atoms with Crippen LogP contribution in [0.15, 0.2) is 0 Å². The van der Waals surface area contributed by atoms with Crippen molar-refractivity contribution in [3.05, 3.63) is 0 Å². The standard InChI is InChI=1S/C8H13F3N2O3/c9-8(10,11)5-12-7(15)13-1-2-16-6(3-13)4-14/h6,14H,1-5H2,(H,12,15). The highest BCUT2D eigenvalue weighted by Gasteiger charge is 2.30. The van der Waals surface area contributed by atoms with Crippen molar-refractivity contribution in [3.63, 3.8) is 0 Å². The number of rotatable bonds is 2. The third kappa shape index (κ3) is 4.23. The number of nitrogens with one attached hydrogen (secondary N) is 1. The van der Waals surface area contributed by atoms with Gasteiger partial charge in [-0.05, 0) is 0 Å². The van der Waals surface area contributed by atoms with Crippen LogP contribution in [0.25, 0.3) is 0 Å². The predicted molar refractivity (Wildman–Crippen MR) is 47.9 cm³/mol. The molecule has 8 heteroatoms. The Kier molecular flexibility index (Phi) is 4.36. The minimum atomic E-state index is -4.42. The molecule has 1 aliphatic rings. The van der Waals surface area contributed by atoms with E-state index >= 15 is 0 Å². The molecule has 1 aliphatic heterocycles. The molecule has 5 nitrogen and oxygen atoms in total. The van der Waals surface area contributed by atoms with Gasteiger partial charge in [-0.25, -0.2) is 4.79 Å². The quantitative estimate of drug-likeness (QED) is 0.713. The molecule has 1 atom stereocenters. The Morgan fingerprint density at radius 1 is 1.56 bits per heavy atom. The summed E-state index contributed by atoms with van der Waals surface area (Å²) in [5.41, 5.74) is 0. The van der Waals surface area contributed by atoms with Crippen LogP contribution in [0.3, 0.4) is 0 Å². The van der Waals surface area contributed by atoms with Gasteiger partial charge in [-0.15, -0.1) is 0 Å². The van der Waals surface area contributed by atoms with E-state index in [2.05, 4.69) is 0 Å². The second-order valence-electron chi connectivity index (χ2n) is 3.40. The molecule has 1 heterocycles. The molecule has 0 aromatic rings. The lowest BCUT2D eigenvalue weighted by atomic mass is 10.3. The van der Waals surface area contributed by atoms with Gasteiger partial charge in [0.05, 0.1) is 25.9 Å². The number of aliphatic hydroxyl groups is 1. The van der Waals surface area contributed by atoms with Crippen LogP contribution >= 0.6 is 0 Å². The van der Waals surface area contributed by atoms with Gasteiger partial charge in [0.1, 0.15) is 6.54 Å². The van der Waals surface area contributed by atoms with Gasteiger partial charge in [-0.3, -0.25) is 0 Å². The zero-order chi connectivity index (χ0) is 12.2. The SMILES string of the molecule is O=C(NCC(F)(F)F)N1CCOC(CO)C1. The van der Waals surface area contributed by atoms with Crippen molar-refractivity contribution in [3.8, 4) is 0 Å². The zero-order valence-corrected chi connectivity index (χ0v) is 8.46. The maximum atomic E-state index is 11.8. The first-order valence-corrected chi connectivity index (χ1v) is 4.74. The molecule has 1 fully saturated rings. The molecule has 94 valence electrons. The summed E-state index contributed by atoms with van der Waals surface area (Å²) in [6, 6.07) is -0.793. The van der Waals surface area contributed by atoms with Crippen molar-refractivity contribution < 1.29 is 27.8 Å². The highest BCUT2D eigenvalue weighted by molar-refractivity contribution is 5.74. The fourth-order valence-corrected chi connectivity index (χ4v) is 1.30. The minimum Gasteiger partial charge on any atom is -0.394 e. The number of aliphatic hydroxyl groups excluding tert-OH is 1. The number of halogens is 3. The van der Waals surface area contributed by atoms with Crippen LogP contribution in [0.4, 0.5) is 18.0 Å². The number of morpholine rings is 1. The molecule has 0 bridgehead atoms. The Morgan fingerprint density at radius 2 is 2.25 bits per heavy atom. The predicted octanol–water partition coefficient (Wildman–Crippen LogP) is -0.0486. The topological polar surface area (TPSA) is 61.8 Å². The van der Waals surface area contributed by atoms with Crippen LogP contribution < -0.4 is 5.32 Å². The van der Waals surface area contributed by atoms with Gasteiger partial charge in [-0.2, -0.15) is 13.2 Å². The number of urea groups is 1. The lowest BCUT2D eigenvalue weighted by Gasteiger charge is -2.32. The average molecular weight is 242 g/mol. The van der Waals surface area contributed by atoms with Crippen molar-refractivity contribution in [1.82, 2.24) is 10.2 Å². The highest BCUT2D eigenvalue weighted by atomic mass is 19.4. The fraction of sp³-hybridized carbons (Fsp3) is 0.875. The summed E-state index contributed by atoms with van der Waals surface area (Å²) in [7, 11) is 0. The highest BCUT2D eigenvalue weighted by Crippen LogP contribution is 2.12. The maximum Gasteiger partial charge on any atom is 0.405 e. The summed E-state index contributed by atoms with van der Waals surface area (Å²) in [6.07, 6.45) is -4.94. The first kappa shape index (κ1) is 13.0. The van der Waals surface area contributed by atoms with Crippen molar-refractivity contribution in [2.45, 2.75) is 12.3 Å². The van der Waals surface area contributed by atoms with Crippen molar-refractivity contribution in [2.24, 2.45) is 0 Å². The number of carbonyl (C=O) groups excluding carboxylic acids is 1. The van der Waals surface area contributed by atoms with Gasteiger partial charge in [0.25, 0.3) is 0 Å². The molecule has 2 amide bonds. The van der Waals surface area contributed by atoms with Crippen LogP contribution in [0.1, 0.15) is 0 Å². The van der Waals surface area contributed by atoms with E-state index in [4.69, 9.17) is 9.84 Å². The van der Waals surface area contributed by atoms with E-state index in [0.717, 1.165) is 0 Å². The normalized spacial score (nSPS) is 22.0. The molecule has 2 N–H and O–H groups in total. The maximum absolute atomic E-state index is 11.8. The molecule has 0 aromatic heterocycles. The van der Waals surface area contributed by atoms with E-state index < -0.39 is 24.9 Å². The molecule has 0 aromatic carbocycles. The number of amides is 2. The molecule has 1 rings (SSSR count). The largest absolute Gasteiger partial charge is 0.405 e. The van der Waals surface area contributed by atoms with Crippen LogP contribution in [0, 0.1) is 0 Å². The minimum absolute atomic E-state index is 0.0974. The molecule has 0 radical (unpaired) electrons. The Hall–Kier alpha value is -1.02. The zero-order valence-electron chi connectivity index (χ0n) is 8.46. The van der Waals surface area contributed by atoms with Crippen LogP contribution in [-0.2, 0) is 4.74 Å². The number of carbonyl (C=O) groups is 1. The summed E-state index contributed by atoms with van der Waals surface area (Å²) >= 11 is 0. The molecule has 0 aliphatic carbocycles. The smallest absolute Gasteiger partial charge is 0.394 e. The van der Waals surface area contributed by atoms with Gasteiger partial charge in [0.15, 0.2) is 0 Å². The summed E-state index contributed by atoms with van der Waals surface area (Å²) < 4.78 is 40.5. The van der Waals surface area contributed by atoms with Gasteiger partial charge in [0, 0.05) is 6.54 Å². The van der Waals surface area contributed by atoms with Crippen LogP contribution in [-0.4, -0.2) is 61.2 Å². The van der Waals surface area contributed by atoms with E-state index in [-0.39, 0.29) is 26.3 Å². The van der Waals surface area contributed by atoms with Gasteiger partial charge in [-0.1, -0.05) is 0 Å². The lowest BCUT2D eigenvalue weighted by molar-refractivity contribution is -0.123. The van der Waals surface area contributed by atoms with Crippen LogP contribution in [0.2, 0.25) is 0 Å². The number of nitrogens with zero attached hydrogens (tertiary/aromatic N) is 1. The third-order valence-corrected chi connectivity index (χ3v) is 2.07. The molecule has 1 unspecified atom stereocenters. The molecular weight excluding hydrogens is 229 g/mol. The Bertz CT molecular complexity index is 247. The Balaban J connectivity index is 2.36. The van der Waals surface area contributed by atoms with E-state index in [1.165, 1.54) is 4.90 Å². The Morgan fingerprint density at radius 3 is 2.81 bits per heavy atom. The molecule has 0 saturated carbocycles. The second kappa shape index (κ2) is 5.35. The fourth-order valence-electron chi connectivity index (χ4n) is 1.30.